The van der Waals surface area contributed by atoms with Gasteiger partial charge in [0.05, 0.1) is 6.10 Å². The summed E-state index contributed by atoms with van der Waals surface area (Å²) in [6, 6.07) is 0.571. The first kappa shape index (κ1) is 21.6. The highest BCUT2D eigenvalue weighted by molar-refractivity contribution is 5.79. The van der Waals surface area contributed by atoms with Crippen LogP contribution < -0.4 is 5.32 Å². The number of piperidine rings is 2. The molecule has 0 aromatic heterocycles. The van der Waals surface area contributed by atoms with Crippen molar-refractivity contribution in [3.8, 4) is 0 Å². The van der Waals surface area contributed by atoms with E-state index in [4.69, 9.17) is 4.74 Å². The minimum absolute atomic E-state index is 0.147. The largest absolute Gasteiger partial charge is 0.376 e. The van der Waals surface area contributed by atoms with Gasteiger partial charge in [-0.25, -0.2) is 0 Å². The molecule has 6 nitrogen and oxygen atoms in total. The molecule has 3 saturated heterocycles. The van der Waals surface area contributed by atoms with Gasteiger partial charge >= 0.3 is 0 Å². The fourth-order valence-corrected chi connectivity index (χ4v) is 5.04. The zero-order valence-electron chi connectivity index (χ0n) is 17.8. The second-order valence-corrected chi connectivity index (χ2v) is 8.76. The zero-order valence-corrected chi connectivity index (χ0v) is 17.8. The summed E-state index contributed by atoms with van der Waals surface area (Å²) in [4.78, 5) is 29.7. The highest BCUT2D eigenvalue weighted by Gasteiger charge is 2.32. The number of rotatable bonds is 7. The molecule has 0 aromatic carbocycles. The summed E-state index contributed by atoms with van der Waals surface area (Å²) < 4.78 is 5.59. The number of hydrogen-bond donors (Lipinski definition) is 1. The maximum Gasteiger partial charge on any atom is 0.225 e. The molecule has 28 heavy (non-hydrogen) atoms. The van der Waals surface area contributed by atoms with Crippen LogP contribution in [0.3, 0.4) is 0 Å². The number of nitrogens with zero attached hydrogens (tertiary/aromatic N) is 2. The van der Waals surface area contributed by atoms with Crippen LogP contribution in [0.5, 0.6) is 0 Å². The summed E-state index contributed by atoms with van der Waals surface area (Å²) in [5.74, 6) is 0.903. The summed E-state index contributed by atoms with van der Waals surface area (Å²) >= 11 is 0. The van der Waals surface area contributed by atoms with Crippen molar-refractivity contribution >= 4 is 11.8 Å². The van der Waals surface area contributed by atoms with E-state index in [2.05, 4.69) is 29.0 Å². The van der Waals surface area contributed by atoms with E-state index in [0.717, 1.165) is 84.2 Å². The number of amides is 2. The molecule has 3 aliphatic rings. The molecule has 3 rings (SSSR count). The summed E-state index contributed by atoms with van der Waals surface area (Å²) in [7, 11) is 0. The van der Waals surface area contributed by atoms with Crippen LogP contribution in [0.15, 0.2) is 0 Å². The Morgan fingerprint density at radius 3 is 2.25 bits per heavy atom. The van der Waals surface area contributed by atoms with Gasteiger partial charge in [0.2, 0.25) is 11.8 Å². The highest BCUT2D eigenvalue weighted by Crippen LogP contribution is 2.25. The third-order valence-corrected chi connectivity index (χ3v) is 7.06. The second-order valence-electron chi connectivity index (χ2n) is 8.76. The standard InChI is InChI=1S/C22H39N3O3/c1-3-17(4-2)22(27)25-13-9-19(10-14-25)24-11-7-18(8-12-24)21(26)23-16-20-6-5-15-28-20/h17-20H,3-16H2,1-2H3,(H,23,26)/t20-/m0/s1. The third-order valence-electron chi connectivity index (χ3n) is 7.06. The Bertz CT molecular complexity index is 501. The van der Waals surface area contributed by atoms with Crippen molar-refractivity contribution in [1.82, 2.24) is 15.1 Å². The molecule has 1 N–H and O–H groups in total. The Kier molecular flexibility index (Phi) is 8.15. The molecule has 1 atom stereocenters. The number of nitrogens with one attached hydrogen (secondary N) is 1. The van der Waals surface area contributed by atoms with E-state index in [9.17, 15) is 9.59 Å². The van der Waals surface area contributed by atoms with Crippen LogP contribution in [0.2, 0.25) is 0 Å². The summed E-state index contributed by atoms with van der Waals surface area (Å²) in [5.41, 5.74) is 0. The van der Waals surface area contributed by atoms with E-state index < -0.39 is 0 Å². The lowest BCUT2D eigenvalue weighted by Crippen LogP contribution is -2.51. The monoisotopic (exact) mass is 393 g/mol. The number of carbonyl (C=O) groups is 2. The van der Waals surface area contributed by atoms with Gasteiger partial charge in [0.25, 0.3) is 0 Å². The maximum absolute atomic E-state index is 12.6. The molecule has 0 spiro atoms. The van der Waals surface area contributed by atoms with Crippen LogP contribution in [-0.4, -0.2) is 73.1 Å². The molecule has 0 bridgehead atoms. The molecular weight excluding hydrogens is 354 g/mol. The minimum atomic E-state index is 0.147. The lowest BCUT2D eigenvalue weighted by atomic mass is 9.92. The zero-order chi connectivity index (χ0) is 19.9. The molecular formula is C22H39N3O3. The third kappa shape index (κ3) is 5.47. The first-order valence-corrected chi connectivity index (χ1v) is 11.5. The van der Waals surface area contributed by atoms with Crippen molar-refractivity contribution in [3.63, 3.8) is 0 Å². The maximum atomic E-state index is 12.6. The quantitative estimate of drug-likeness (QED) is 0.722. The SMILES string of the molecule is CCC(CC)C(=O)N1CCC(N2CCC(C(=O)NC[C@@H]3CCCO3)CC2)CC1. The number of carbonyl (C=O) groups excluding carboxylic acids is 2. The van der Waals surface area contributed by atoms with Gasteiger partial charge in [-0.1, -0.05) is 13.8 Å². The molecule has 0 radical (unpaired) electrons. The summed E-state index contributed by atoms with van der Waals surface area (Å²) in [6.07, 6.45) is 8.32. The Balaban J connectivity index is 1.36. The van der Waals surface area contributed by atoms with Gasteiger partial charge in [0.15, 0.2) is 0 Å². The Morgan fingerprint density at radius 2 is 1.68 bits per heavy atom. The van der Waals surface area contributed by atoms with Gasteiger partial charge in [-0.05, 0) is 64.5 Å². The van der Waals surface area contributed by atoms with E-state index >= 15 is 0 Å². The van der Waals surface area contributed by atoms with Crippen LogP contribution in [0.1, 0.15) is 65.2 Å². The fourth-order valence-electron chi connectivity index (χ4n) is 5.04. The van der Waals surface area contributed by atoms with E-state index in [1.165, 1.54) is 0 Å². The van der Waals surface area contributed by atoms with Gasteiger partial charge in [-0.15, -0.1) is 0 Å². The van der Waals surface area contributed by atoms with Gasteiger partial charge in [-0.2, -0.15) is 0 Å². The average Bonchev–Trinajstić information content (AvgIpc) is 3.27. The van der Waals surface area contributed by atoms with Crippen LogP contribution in [0.4, 0.5) is 0 Å². The lowest BCUT2D eigenvalue weighted by molar-refractivity contribution is -0.137. The molecule has 6 heteroatoms. The predicted molar refractivity (Wildman–Crippen MR) is 110 cm³/mol. The molecule has 3 fully saturated rings. The Morgan fingerprint density at radius 1 is 1.00 bits per heavy atom. The second kappa shape index (κ2) is 10.6. The normalized spacial score (nSPS) is 25.4. The van der Waals surface area contributed by atoms with E-state index in [-0.39, 0.29) is 23.8 Å². The molecule has 3 heterocycles. The van der Waals surface area contributed by atoms with Crippen molar-refractivity contribution in [2.75, 3.05) is 39.3 Å². The molecule has 0 aliphatic carbocycles. The van der Waals surface area contributed by atoms with Crippen LogP contribution in [0, 0.1) is 11.8 Å². The van der Waals surface area contributed by atoms with Crippen LogP contribution in [0.25, 0.3) is 0 Å². The predicted octanol–water partition coefficient (Wildman–Crippen LogP) is 2.42. The summed E-state index contributed by atoms with van der Waals surface area (Å²) in [5, 5.41) is 3.10. The Hall–Kier alpha value is -1.14. The molecule has 0 saturated carbocycles. The van der Waals surface area contributed by atoms with E-state index in [1.807, 2.05) is 0 Å². The first-order chi connectivity index (χ1) is 13.6. The van der Waals surface area contributed by atoms with Gasteiger partial charge in [0, 0.05) is 44.1 Å². The summed E-state index contributed by atoms with van der Waals surface area (Å²) in [6.45, 7) is 9.51. The van der Waals surface area contributed by atoms with Gasteiger partial charge in [0.1, 0.15) is 0 Å². The topological polar surface area (TPSA) is 61.9 Å². The van der Waals surface area contributed by atoms with Crippen molar-refractivity contribution in [2.45, 2.75) is 77.4 Å². The Labute approximate surface area is 170 Å². The van der Waals surface area contributed by atoms with E-state index in [1.54, 1.807) is 0 Å². The number of likely N-dealkylation sites (tertiary alicyclic amines) is 2. The average molecular weight is 394 g/mol. The molecule has 2 amide bonds. The molecule has 0 aromatic rings. The number of hydrogen-bond acceptors (Lipinski definition) is 4. The van der Waals surface area contributed by atoms with Crippen molar-refractivity contribution in [3.05, 3.63) is 0 Å². The molecule has 0 unspecified atom stereocenters. The lowest BCUT2D eigenvalue weighted by Gasteiger charge is -2.42. The fraction of sp³-hybridized carbons (Fsp3) is 0.909. The van der Waals surface area contributed by atoms with Crippen molar-refractivity contribution < 1.29 is 14.3 Å². The van der Waals surface area contributed by atoms with Gasteiger partial charge < -0.3 is 19.9 Å². The van der Waals surface area contributed by atoms with E-state index in [0.29, 0.717) is 18.5 Å². The van der Waals surface area contributed by atoms with Gasteiger partial charge in [-0.3, -0.25) is 9.59 Å². The number of ether oxygens (including phenoxy) is 1. The van der Waals surface area contributed by atoms with Crippen molar-refractivity contribution in [2.24, 2.45) is 11.8 Å². The van der Waals surface area contributed by atoms with Crippen LogP contribution >= 0.6 is 0 Å². The van der Waals surface area contributed by atoms with Crippen LogP contribution in [-0.2, 0) is 14.3 Å². The smallest absolute Gasteiger partial charge is 0.225 e. The van der Waals surface area contributed by atoms with Crippen molar-refractivity contribution in [1.29, 1.82) is 0 Å². The highest BCUT2D eigenvalue weighted by atomic mass is 16.5. The first-order valence-electron chi connectivity index (χ1n) is 11.5. The minimum Gasteiger partial charge on any atom is -0.376 e. The molecule has 160 valence electrons. The molecule has 3 aliphatic heterocycles.